The fourth-order valence-electron chi connectivity index (χ4n) is 2.89. The summed E-state index contributed by atoms with van der Waals surface area (Å²) in [5, 5.41) is 4.94. The second kappa shape index (κ2) is 8.49. The Kier molecular flexibility index (Phi) is 6.09. The number of thiazole rings is 1. The van der Waals surface area contributed by atoms with Gasteiger partial charge in [0.1, 0.15) is 0 Å². The van der Waals surface area contributed by atoms with Crippen molar-refractivity contribution in [1.82, 2.24) is 15.2 Å². The molecule has 2 amide bonds. The summed E-state index contributed by atoms with van der Waals surface area (Å²) >= 11 is 3.05. The lowest BCUT2D eigenvalue weighted by molar-refractivity contribution is -0.130. The lowest BCUT2D eigenvalue weighted by atomic mass is 10.1. The van der Waals surface area contributed by atoms with Crippen LogP contribution in [-0.2, 0) is 9.59 Å². The standard InChI is InChI=1S/C18H21N3O2S2/c1-13(22)19-15-8-5-9-21(10-15)17(23)12-25-18-20-16(11-24-18)14-6-3-2-4-7-14/h2-4,6-7,11,15H,5,8-10,12H2,1H3,(H,19,22)/t15-/m0/s1. The molecule has 0 radical (unpaired) electrons. The normalized spacial score (nSPS) is 17.3. The molecule has 1 aliphatic heterocycles. The van der Waals surface area contributed by atoms with Gasteiger partial charge in [-0.1, -0.05) is 42.1 Å². The second-order valence-corrected chi connectivity index (χ2v) is 8.11. The Morgan fingerprint density at radius 2 is 2.16 bits per heavy atom. The third-order valence-electron chi connectivity index (χ3n) is 4.05. The van der Waals surface area contributed by atoms with Crippen molar-refractivity contribution in [1.29, 1.82) is 0 Å². The van der Waals surface area contributed by atoms with E-state index in [4.69, 9.17) is 0 Å². The molecule has 2 aromatic rings. The van der Waals surface area contributed by atoms with E-state index in [9.17, 15) is 9.59 Å². The van der Waals surface area contributed by atoms with Crippen LogP contribution in [-0.4, -0.2) is 46.6 Å². The van der Waals surface area contributed by atoms with Crippen molar-refractivity contribution in [2.75, 3.05) is 18.8 Å². The molecule has 0 bridgehead atoms. The van der Waals surface area contributed by atoms with Gasteiger partial charge in [0.15, 0.2) is 4.34 Å². The van der Waals surface area contributed by atoms with Gasteiger partial charge in [-0.05, 0) is 12.8 Å². The number of amides is 2. The van der Waals surface area contributed by atoms with Crippen molar-refractivity contribution < 1.29 is 9.59 Å². The first kappa shape index (κ1) is 17.9. The molecule has 7 heteroatoms. The van der Waals surface area contributed by atoms with E-state index < -0.39 is 0 Å². The Balaban J connectivity index is 1.52. The van der Waals surface area contributed by atoms with Gasteiger partial charge in [-0.25, -0.2) is 4.98 Å². The first-order valence-electron chi connectivity index (χ1n) is 8.30. The van der Waals surface area contributed by atoms with Crippen LogP contribution in [0.4, 0.5) is 0 Å². The zero-order valence-corrected chi connectivity index (χ0v) is 15.7. The van der Waals surface area contributed by atoms with E-state index in [2.05, 4.69) is 10.3 Å². The molecule has 0 aliphatic carbocycles. The molecule has 2 heterocycles. The highest BCUT2D eigenvalue weighted by atomic mass is 32.2. The molecule has 1 N–H and O–H groups in total. The highest BCUT2D eigenvalue weighted by Crippen LogP contribution is 2.28. The number of hydrogen-bond acceptors (Lipinski definition) is 5. The number of nitrogens with one attached hydrogen (secondary N) is 1. The van der Waals surface area contributed by atoms with Gasteiger partial charge in [-0.3, -0.25) is 9.59 Å². The Morgan fingerprint density at radius 3 is 2.92 bits per heavy atom. The van der Waals surface area contributed by atoms with E-state index in [1.54, 1.807) is 11.3 Å². The summed E-state index contributed by atoms with van der Waals surface area (Å²) in [6.07, 6.45) is 1.86. The molecule has 1 saturated heterocycles. The van der Waals surface area contributed by atoms with Crippen LogP contribution in [0.5, 0.6) is 0 Å². The fraction of sp³-hybridized carbons (Fsp3) is 0.389. The van der Waals surface area contributed by atoms with Crippen LogP contribution in [0, 0.1) is 0 Å². The van der Waals surface area contributed by atoms with Crippen LogP contribution >= 0.6 is 23.1 Å². The van der Waals surface area contributed by atoms with E-state index in [0.29, 0.717) is 12.3 Å². The number of aromatic nitrogens is 1. The summed E-state index contributed by atoms with van der Waals surface area (Å²) in [5.74, 6) is 0.454. The van der Waals surface area contributed by atoms with Crippen LogP contribution in [0.1, 0.15) is 19.8 Å². The third-order valence-corrected chi connectivity index (χ3v) is 6.06. The Labute approximate surface area is 155 Å². The van der Waals surface area contributed by atoms with Gasteiger partial charge in [0.2, 0.25) is 11.8 Å². The minimum atomic E-state index is -0.0371. The van der Waals surface area contributed by atoms with Gasteiger partial charge in [0, 0.05) is 37.0 Å². The molecule has 3 rings (SSSR count). The van der Waals surface area contributed by atoms with E-state index >= 15 is 0 Å². The lowest BCUT2D eigenvalue weighted by Crippen LogP contribution is -2.49. The van der Waals surface area contributed by atoms with Crippen molar-refractivity contribution in [3.05, 3.63) is 35.7 Å². The molecule has 0 saturated carbocycles. The molecule has 132 valence electrons. The maximum atomic E-state index is 12.4. The number of piperidine rings is 1. The monoisotopic (exact) mass is 375 g/mol. The van der Waals surface area contributed by atoms with Gasteiger partial charge >= 0.3 is 0 Å². The highest BCUT2D eigenvalue weighted by molar-refractivity contribution is 8.01. The number of carbonyl (C=O) groups is 2. The van der Waals surface area contributed by atoms with Crippen molar-refractivity contribution in [2.45, 2.75) is 30.1 Å². The van der Waals surface area contributed by atoms with Gasteiger partial charge in [0.05, 0.1) is 11.4 Å². The van der Waals surface area contributed by atoms with Crippen LogP contribution < -0.4 is 5.32 Å². The van der Waals surface area contributed by atoms with E-state index in [1.165, 1.54) is 18.7 Å². The minimum absolute atomic E-state index is 0.0371. The number of hydrogen-bond donors (Lipinski definition) is 1. The Hall–Kier alpha value is -1.86. The van der Waals surface area contributed by atoms with Crippen molar-refractivity contribution in [3.8, 4) is 11.3 Å². The largest absolute Gasteiger partial charge is 0.352 e. The number of benzene rings is 1. The van der Waals surface area contributed by atoms with Crippen LogP contribution in [0.15, 0.2) is 40.1 Å². The first-order chi connectivity index (χ1) is 12.1. The number of rotatable bonds is 5. The smallest absolute Gasteiger partial charge is 0.233 e. The summed E-state index contributed by atoms with van der Waals surface area (Å²) in [7, 11) is 0. The highest BCUT2D eigenvalue weighted by Gasteiger charge is 2.24. The maximum absolute atomic E-state index is 12.4. The van der Waals surface area contributed by atoms with Crippen molar-refractivity contribution in [2.24, 2.45) is 0 Å². The predicted molar refractivity (Wildman–Crippen MR) is 102 cm³/mol. The van der Waals surface area contributed by atoms with Gasteiger partial charge in [-0.15, -0.1) is 11.3 Å². The Bertz CT molecular complexity index is 733. The number of carbonyl (C=O) groups excluding carboxylic acids is 2. The molecule has 1 aromatic carbocycles. The molecule has 1 aromatic heterocycles. The zero-order chi connectivity index (χ0) is 17.6. The fourth-order valence-corrected chi connectivity index (χ4v) is 4.63. The van der Waals surface area contributed by atoms with E-state index in [-0.39, 0.29) is 17.9 Å². The maximum Gasteiger partial charge on any atom is 0.233 e. The number of nitrogens with zero attached hydrogens (tertiary/aromatic N) is 2. The van der Waals surface area contributed by atoms with Crippen LogP contribution in [0.2, 0.25) is 0 Å². The van der Waals surface area contributed by atoms with Crippen molar-refractivity contribution in [3.63, 3.8) is 0 Å². The summed E-state index contributed by atoms with van der Waals surface area (Å²) < 4.78 is 0.905. The Morgan fingerprint density at radius 1 is 1.36 bits per heavy atom. The summed E-state index contributed by atoms with van der Waals surface area (Å²) in [6.45, 7) is 2.89. The van der Waals surface area contributed by atoms with Gasteiger partial charge < -0.3 is 10.2 Å². The molecular formula is C18H21N3O2S2. The average molecular weight is 376 g/mol. The predicted octanol–water partition coefficient (Wildman–Crippen LogP) is 3.03. The molecule has 25 heavy (non-hydrogen) atoms. The minimum Gasteiger partial charge on any atom is -0.352 e. The molecule has 1 atom stereocenters. The second-order valence-electron chi connectivity index (χ2n) is 6.03. The molecule has 0 unspecified atom stereocenters. The summed E-state index contributed by atoms with van der Waals surface area (Å²) in [6, 6.07) is 10.1. The van der Waals surface area contributed by atoms with Crippen LogP contribution in [0.25, 0.3) is 11.3 Å². The summed E-state index contributed by atoms with van der Waals surface area (Å²) in [5.41, 5.74) is 2.04. The molecule has 5 nitrogen and oxygen atoms in total. The molecular weight excluding hydrogens is 354 g/mol. The number of thioether (sulfide) groups is 1. The van der Waals surface area contributed by atoms with Gasteiger partial charge in [0.25, 0.3) is 0 Å². The molecule has 0 spiro atoms. The van der Waals surface area contributed by atoms with Gasteiger partial charge in [-0.2, -0.15) is 0 Å². The summed E-state index contributed by atoms with van der Waals surface area (Å²) in [4.78, 5) is 30.1. The first-order valence-corrected chi connectivity index (χ1v) is 10.2. The van der Waals surface area contributed by atoms with E-state index in [0.717, 1.165) is 35.0 Å². The third kappa shape index (κ3) is 5.06. The SMILES string of the molecule is CC(=O)N[C@H]1CCCN(C(=O)CSc2nc(-c3ccccc3)cs2)C1. The van der Waals surface area contributed by atoms with Crippen LogP contribution in [0.3, 0.4) is 0 Å². The van der Waals surface area contributed by atoms with E-state index in [1.807, 2.05) is 40.6 Å². The van der Waals surface area contributed by atoms with Crippen molar-refractivity contribution >= 4 is 34.9 Å². The topological polar surface area (TPSA) is 62.3 Å². The molecule has 1 fully saturated rings. The lowest BCUT2D eigenvalue weighted by Gasteiger charge is -2.32. The molecule has 1 aliphatic rings. The number of likely N-dealkylation sites (tertiary alicyclic amines) is 1. The average Bonchev–Trinajstić information content (AvgIpc) is 3.09. The quantitative estimate of drug-likeness (QED) is 0.816. The zero-order valence-electron chi connectivity index (χ0n) is 14.1.